The Morgan fingerprint density at radius 2 is 1.28 bits per heavy atom. The molecule has 0 saturated heterocycles. The third-order valence-corrected chi connectivity index (χ3v) is 6.15. The first-order valence-electron chi connectivity index (χ1n) is 10.2. The van der Waals surface area contributed by atoms with Gasteiger partial charge in [0.25, 0.3) is 0 Å². The zero-order chi connectivity index (χ0) is 19.4. The van der Waals surface area contributed by atoms with Crippen molar-refractivity contribution in [3.8, 4) is 0 Å². The lowest BCUT2D eigenvalue weighted by atomic mass is 10.0. The number of para-hydroxylation sites is 1. The molecule has 0 saturated carbocycles. The maximum absolute atomic E-state index is 2.51. The van der Waals surface area contributed by atoms with E-state index in [1.807, 2.05) is 0 Å². The molecule has 0 bridgehead atoms. The van der Waals surface area contributed by atoms with Crippen molar-refractivity contribution >= 4 is 43.4 Å². The summed E-state index contributed by atoms with van der Waals surface area (Å²) in [4.78, 5) is 0. The fraction of sp³-hybridized carbons (Fsp3) is 0.0714. The first-order valence-corrected chi connectivity index (χ1v) is 10.2. The van der Waals surface area contributed by atoms with Gasteiger partial charge in [-0.1, -0.05) is 84.9 Å². The van der Waals surface area contributed by atoms with Gasteiger partial charge in [0, 0.05) is 22.8 Å². The maximum Gasteiger partial charge on any atom is 0.0530 e. The smallest absolute Gasteiger partial charge is 0.0530 e. The minimum absolute atomic E-state index is 0.866. The predicted octanol–water partition coefficient (Wildman–Crippen LogP) is 7.46. The number of hydrogen-bond donors (Lipinski definition) is 0. The molecule has 0 unspecified atom stereocenters. The number of rotatable bonds is 2. The van der Waals surface area contributed by atoms with Crippen LogP contribution in [0.4, 0.5) is 0 Å². The van der Waals surface area contributed by atoms with Crippen LogP contribution < -0.4 is 0 Å². The Labute approximate surface area is 169 Å². The zero-order valence-corrected chi connectivity index (χ0v) is 16.4. The summed E-state index contributed by atoms with van der Waals surface area (Å²) >= 11 is 0. The number of aromatic nitrogens is 1. The van der Waals surface area contributed by atoms with Gasteiger partial charge in [0.2, 0.25) is 0 Å². The van der Waals surface area contributed by atoms with E-state index in [0.717, 1.165) is 6.54 Å². The molecule has 1 nitrogen and oxygen atoms in total. The molecule has 0 radical (unpaired) electrons. The van der Waals surface area contributed by atoms with Gasteiger partial charge in [-0.2, -0.15) is 0 Å². The molecule has 0 atom stereocenters. The minimum Gasteiger partial charge on any atom is -0.336 e. The van der Waals surface area contributed by atoms with Gasteiger partial charge in [0.05, 0.1) is 5.52 Å². The van der Waals surface area contributed by atoms with E-state index < -0.39 is 0 Å². The van der Waals surface area contributed by atoms with Gasteiger partial charge in [0.1, 0.15) is 0 Å². The van der Waals surface area contributed by atoms with Gasteiger partial charge < -0.3 is 4.57 Å². The lowest BCUT2D eigenvalue weighted by Gasteiger charge is -2.13. The SMILES string of the molecule is Cc1cc2ccccc2c2c3ccccc3n(Cc3cccc4ccccc34)c12. The van der Waals surface area contributed by atoms with Gasteiger partial charge in [-0.05, 0) is 51.7 Å². The summed E-state index contributed by atoms with van der Waals surface area (Å²) in [5.41, 5.74) is 5.33. The number of aryl methyl sites for hydroxylation is 1. The van der Waals surface area contributed by atoms with E-state index in [1.54, 1.807) is 0 Å². The molecule has 138 valence electrons. The summed E-state index contributed by atoms with van der Waals surface area (Å²) in [6.07, 6.45) is 0. The third kappa shape index (κ3) is 2.41. The van der Waals surface area contributed by atoms with Crippen LogP contribution in [0.25, 0.3) is 43.4 Å². The zero-order valence-electron chi connectivity index (χ0n) is 16.4. The number of nitrogens with zero attached hydrogens (tertiary/aromatic N) is 1. The quantitative estimate of drug-likeness (QED) is 0.298. The fourth-order valence-corrected chi connectivity index (χ4v) is 4.90. The molecule has 29 heavy (non-hydrogen) atoms. The summed E-state index contributed by atoms with van der Waals surface area (Å²) in [6.45, 7) is 3.11. The van der Waals surface area contributed by atoms with Crippen LogP contribution in [0.5, 0.6) is 0 Å². The van der Waals surface area contributed by atoms with Crippen molar-refractivity contribution < 1.29 is 0 Å². The molecule has 0 N–H and O–H groups in total. The lowest BCUT2D eigenvalue weighted by Crippen LogP contribution is -2.01. The third-order valence-electron chi connectivity index (χ3n) is 6.15. The van der Waals surface area contributed by atoms with Crippen molar-refractivity contribution in [1.82, 2.24) is 4.57 Å². The summed E-state index contributed by atoms with van der Waals surface area (Å²) in [5, 5.41) is 7.98. The lowest BCUT2D eigenvalue weighted by molar-refractivity contribution is 0.873. The van der Waals surface area contributed by atoms with Crippen molar-refractivity contribution in [3.05, 3.63) is 108 Å². The van der Waals surface area contributed by atoms with Crippen LogP contribution in [0, 0.1) is 6.92 Å². The molecule has 0 fully saturated rings. The highest BCUT2D eigenvalue weighted by molar-refractivity contribution is 6.21. The van der Waals surface area contributed by atoms with Crippen LogP contribution in [0.3, 0.4) is 0 Å². The summed E-state index contributed by atoms with van der Waals surface area (Å²) in [7, 11) is 0. The highest BCUT2D eigenvalue weighted by Crippen LogP contribution is 2.37. The normalized spacial score (nSPS) is 11.8. The number of fused-ring (bicyclic) bond motifs is 6. The van der Waals surface area contributed by atoms with Crippen LogP contribution in [-0.2, 0) is 6.54 Å². The second kappa shape index (κ2) is 6.22. The first kappa shape index (κ1) is 16.4. The molecule has 1 heteroatoms. The molecule has 5 aromatic carbocycles. The van der Waals surface area contributed by atoms with E-state index >= 15 is 0 Å². The van der Waals surface area contributed by atoms with Gasteiger partial charge in [-0.15, -0.1) is 0 Å². The minimum atomic E-state index is 0.866. The molecule has 0 spiro atoms. The van der Waals surface area contributed by atoms with E-state index in [-0.39, 0.29) is 0 Å². The highest BCUT2D eigenvalue weighted by atomic mass is 15.0. The number of hydrogen-bond acceptors (Lipinski definition) is 0. The van der Waals surface area contributed by atoms with E-state index in [9.17, 15) is 0 Å². The maximum atomic E-state index is 2.51. The van der Waals surface area contributed by atoms with E-state index in [4.69, 9.17) is 0 Å². The van der Waals surface area contributed by atoms with Crippen molar-refractivity contribution in [2.24, 2.45) is 0 Å². The van der Waals surface area contributed by atoms with Gasteiger partial charge >= 0.3 is 0 Å². The Morgan fingerprint density at radius 1 is 0.621 bits per heavy atom. The van der Waals surface area contributed by atoms with Crippen LogP contribution in [-0.4, -0.2) is 4.57 Å². The van der Waals surface area contributed by atoms with Crippen molar-refractivity contribution in [2.75, 3.05) is 0 Å². The summed E-state index contributed by atoms with van der Waals surface area (Å²) in [5.74, 6) is 0. The van der Waals surface area contributed by atoms with Gasteiger partial charge in [-0.25, -0.2) is 0 Å². The van der Waals surface area contributed by atoms with E-state index in [0.29, 0.717) is 0 Å². The van der Waals surface area contributed by atoms with Crippen molar-refractivity contribution in [2.45, 2.75) is 13.5 Å². The topological polar surface area (TPSA) is 4.93 Å². The molecule has 0 aliphatic rings. The molecular formula is C28H21N. The largest absolute Gasteiger partial charge is 0.336 e. The molecular weight excluding hydrogens is 350 g/mol. The Morgan fingerprint density at radius 3 is 2.14 bits per heavy atom. The Hall–Kier alpha value is -3.58. The van der Waals surface area contributed by atoms with Crippen LogP contribution in [0.1, 0.15) is 11.1 Å². The monoisotopic (exact) mass is 371 g/mol. The van der Waals surface area contributed by atoms with Gasteiger partial charge in [0.15, 0.2) is 0 Å². The summed E-state index contributed by atoms with van der Waals surface area (Å²) in [6, 6.07) is 35.2. The Balaban J connectivity index is 1.73. The number of benzene rings is 5. The molecule has 6 aromatic rings. The highest BCUT2D eigenvalue weighted by Gasteiger charge is 2.16. The average molecular weight is 371 g/mol. The standard InChI is InChI=1S/C28H21N/c1-19-17-21-10-3-5-14-24(21)27-25-15-6-7-16-26(25)29(28(19)27)18-22-12-8-11-20-9-2-4-13-23(20)22/h2-17H,18H2,1H3. The molecule has 0 aliphatic carbocycles. The second-order valence-electron chi connectivity index (χ2n) is 7.88. The summed E-state index contributed by atoms with van der Waals surface area (Å²) < 4.78 is 2.51. The van der Waals surface area contributed by atoms with Crippen molar-refractivity contribution in [3.63, 3.8) is 0 Å². The Kier molecular flexibility index (Phi) is 3.51. The van der Waals surface area contributed by atoms with Crippen LogP contribution in [0.2, 0.25) is 0 Å². The second-order valence-corrected chi connectivity index (χ2v) is 7.88. The average Bonchev–Trinajstić information content (AvgIpc) is 3.09. The van der Waals surface area contributed by atoms with Crippen LogP contribution >= 0.6 is 0 Å². The molecule has 1 heterocycles. The van der Waals surface area contributed by atoms with Crippen LogP contribution in [0.15, 0.2) is 97.1 Å². The molecule has 6 rings (SSSR count). The molecule has 1 aromatic heterocycles. The van der Waals surface area contributed by atoms with Gasteiger partial charge in [-0.3, -0.25) is 0 Å². The molecule has 0 aliphatic heterocycles. The Bertz CT molecular complexity index is 1530. The first-order chi connectivity index (χ1) is 14.3. The van der Waals surface area contributed by atoms with Crippen molar-refractivity contribution in [1.29, 1.82) is 0 Å². The fourth-order valence-electron chi connectivity index (χ4n) is 4.90. The van der Waals surface area contributed by atoms with E-state index in [2.05, 4.69) is 109 Å². The molecule has 0 amide bonds. The predicted molar refractivity (Wildman–Crippen MR) is 125 cm³/mol. The van der Waals surface area contributed by atoms with E-state index in [1.165, 1.54) is 54.5 Å².